The molecule has 0 saturated carbocycles. The van der Waals surface area contributed by atoms with Crippen molar-refractivity contribution in [2.24, 2.45) is 20.9 Å². The van der Waals surface area contributed by atoms with Crippen LogP contribution in [0, 0.1) is 0 Å². The third-order valence-electron chi connectivity index (χ3n) is 1.60. The Balaban J connectivity index is 4.55. The Kier molecular flexibility index (Phi) is 9.35. The standard InChI is InChI=1S/C8H11N7O5/c9-20-6-11-2-14-8(19)15(3-12-5-17)7(18)13-1-10-4-16/h6H,1-3,9H2,(H,13,18)(H,14,19)/b11-6-. The van der Waals surface area contributed by atoms with Crippen LogP contribution in [0.15, 0.2) is 15.0 Å². The predicted molar refractivity (Wildman–Crippen MR) is 63.5 cm³/mol. The second-order valence-corrected chi connectivity index (χ2v) is 2.77. The minimum atomic E-state index is -0.931. The monoisotopic (exact) mass is 285 g/mol. The van der Waals surface area contributed by atoms with E-state index in [1.54, 1.807) is 0 Å². The normalized spacial score (nSPS) is 9.05. The molecular weight excluding hydrogens is 274 g/mol. The van der Waals surface area contributed by atoms with Crippen LogP contribution >= 0.6 is 0 Å². The van der Waals surface area contributed by atoms with Crippen molar-refractivity contribution in [2.45, 2.75) is 0 Å². The summed E-state index contributed by atoms with van der Waals surface area (Å²) in [4.78, 5) is 57.2. The molecule has 0 rings (SSSR count). The van der Waals surface area contributed by atoms with E-state index in [1.807, 2.05) is 0 Å². The van der Waals surface area contributed by atoms with E-state index in [-0.39, 0.29) is 13.3 Å². The molecule has 108 valence electrons. The van der Waals surface area contributed by atoms with Crippen molar-refractivity contribution in [3.8, 4) is 0 Å². The lowest BCUT2D eigenvalue weighted by Gasteiger charge is -2.17. The second-order valence-electron chi connectivity index (χ2n) is 2.77. The van der Waals surface area contributed by atoms with Gasteiger partial charge in [-0.05, 0) is 0 Å². The van der Waals surface area contributed by atoms with Crippen LogP contribution < -0.4 is 16.5 Å². The van der Waals surface area contributed by atoms with Crippen LogP contribution in [0.25, 0.3) is 0 Å². The Morgan fingerprint density at radius 2 is 1.75 bits per heavy atom. The van der Waals surface area contributed by atoms with Gasteiger partial charge in [-0.2, -0.15) is 15.9 Å². The van der Waals surface area contributed by atoms with Crippen molar-refractivity contribution in [2.75, 3.05) is 20.0 Å². The van der Waals surface area contributed by atoms with E-state index in [0.717, 1.165) is 6.40 Å². The smallest absolute Gasteiger partial charge is 0.328 e. The van der Waals surface area contributed by atoms with Gasteiger partial charge in [0.15, 0.2) is 6.40 Å². The number of urea groups is 2. The summed E-state index contributed by atoms with van der Waals surface area (Å²) in [6.07, 6.45) is 3.23. The highest BCUT2D eigenvalue weighted by Gasteiger charge is 2.20. The van der Waals surface area contributed by atoms with Crippen molar-refractivity contribution >= 4 is 30.6 Å². The van der Waals surface area contributed by atoms with Gasteiger partial charge in [-0.25, -0.2) is 29.1 Å². The highest BCUT2D eigenvalue weighted by atomic mass is 16.6. The van der Waals surface area contributed by atoms with Crippen molar-refractivity contribution in [3.63, 3.8) is 0 Å². The van der Waals surface area contributed by atoms with Crippen molar-refractivity contribution in [3.05, 3.63) is 0 Å². The fraction of sp³-hybridized carbons (Fsp3) is 0.375. The molecule has 0 bridgehead atoms. The first-order chi connectivity index (χ1) is 9.67. The third-order valence-corrected chi connectivity index (χ3v) is 1.60. The molecule has 0 heterocycles. The first kappa shape index (κ1) is 16.9. The Morgan fingerprint density at radius 3 is 2.30 bits per heavy atom. The zero-order valence-electron chi connectivity index (χ0n) is 10.1. The topological polar surface area (TPSA) is 168 Å². The summed E-state index contributed by atoms with van der Waals surface area (Å²) in [6.45, 7) is -1.17. The quantitative estimate of drug-likeness (QED) is 0.215. The number of rotatable bonds is 7. The molecule has 0 fully saturated rings. The Hall–Kier alpha value is -3.07. The van der Waals surface area contributed by atoms with Crippen LogP contribution in [0.2, 0.25) is 0 Å². The third kappa shape index (κ3) is 7.29. The van der Waals surface area contributed by atoms with Gasteiger partial charge in [0.2, 0.25) is 12.2 Å². The fourth-order valence-electron chi connectivity index (χ4n) is 0.844. The molecule has 0 aromatic rings. The Labute approximate surface area is 112 Å². The van der Waals surface area contributed by atoms with E-state index in [4.69, 9.17) is 0 Å². The van der Waals surface area contributed by atoms with E-state index in [0.29, 0.717) is 4.90 Å². The van der Waals surface area contributed by atoms with Gasteiger partial charge in [0.05, 0.1) is 0 Å². The van der Waals surface area contributed by atoms with E-state index >= 15 is 0 Å². The number of hydrogen-bond donors (Lipinski definition) is 3. The number of carbonyl (C=O) groups is 2. The summed E-state index contributed by atoms with van der Waals surface area (Å²) < 4.78 is 0. The van der Waals surface area contributed by atoms with Crippen molar-refractivity contribution in [1.29, 1.82) is 0 Å². The van der Waals surface area contributed by atoms with Crippen LogP contribution in [-0.4, -0.2) is 55.5 Å². The lowest BCUT2D eigenvalue weighted by atomic mass is 10.7. The van der Waals surface area contributed by atoms with Gasteiger partial charge >= 0.3 is 12.1 Å². The molecule has 20 heavy (non-hydrogen) atoms. The number of imide groups is 1. The Morgan fingerprint density at radius 1 is 1.15 bits per heavy atom. The van der Waals surface area contributed by atoms with Crippen molar-refractivity contribution < 1.29 is 24.0 Å². The minimum absolute atomic E-state index is 0.225. The van der Waals surface area contributed by atoms with Gasteiger partial charge < -0.3 is 15.5 Å². The summed E-state index contributed by atoms with van der Waals surface area (Å²) >= 11 is 0. The van der Waals surface area contributed by atoms with E-state index < -0.39 is 18.7 Å². The molecule has 0 aliphatic heterocycles. The van der Waals surface area contributed by atoms with Crippen LogP contribution in [-0.2, 0) is 14.4 Å². The molecule has 0 spiro atoms. The van der Waals surface area contributed by atoms with Crippen LogP contribution in [0.3, 0.4) is 0 Å². The zero-order valence-corrected chi connectivity index (χ0v) is 10.1. The average Bonchev–Trinajstić information content (AvgIpc) is 2.44. The number of nitrogens with two attached hydrogens (primary N) is 1. The summed E-state index contributed by atoms with van der Waals surface area (Å²) in [5.41, 5.74) is 0. The molecule has 0 unspecified atom stereocenters. The van der Waals surface area contributed by atoms with Crippen LogP contribution in [0.5, 0.6) is 0 Å². The second kappa shape index (κ2) is 11.0. The highest BCUT2D eigenvalue weighted by molar-refractivity contribution is 5.93. The molecule has 0 radical (unpaired) electrons. The van der Waals surface area contributed by atoms with Gasteiger partial charge in [-0.3, -0.25) is 0 Å². The number of hydrogen-bond acceptors (Lipinski definition) is 9. The number of isocyanates is 2. The molecule has 0 aliphatic rings. The maximum absolute atomic E-state index is 11.6. The van der Waals surface area contributed by atoms with Gasteiger partial charge in [0.1, 0.15) is 20.0 Å². The maximum atomic E-state index is 11.6. The largest absolute Gasteiger partial charge is 0.400 e. The van der Waals surface area contributed by atoms with Crippen molar-refractivity contribution in [1.82, 2.24) is 15.5 Å². The van der Waals surface area contributed by atoms with E-state index in [2.05, 4.69) is 36.3 Å². The number of aliphatic imine (C=N–C) groups is 3. The van der Waals surface area contributed by atoms with Crippen LogP contribution in [0.4, 0.5) is 9.59 Å². The summed E-state index contributed by atoms with van der Waals surface area (Å²) in [7, 11) is 0. The number of nitrogens with one attached hydrogen (secondary N) is 2. The molecule has 4 N–H and O–H groups in total. The minimum Gasteiger partial charge on any atom is -0.400 e. The lowest BCUT2D eigenvalue weighted by molar-refractivity contribution is 0.187. The molecule has 12 nitrogen and oxygen atoms in total. The molecule has 12 heteroatoms. The average molecular weight is 285 g/mol. The number of carbonyl (C=O) groups excluding carboxylic acids is 4. The first-order valence-electron chi connectivity index (χ1n) is 4.91. The summed E-state index contributed by atoms with van der Waals surface area (Å²) in [5, 5.41) is 4.29. The summed E-state index contributed by atoms with van der Waals surface area (Å²) in [6, 6.07) is -1.83. The SMILES string of the molecule is NO/C=N\CNC(=O)N(CN=C=O)C(=O)NCN=C=O. The van der Waals surface area contributed by atoms with Gasteiger partial charge in [0, 0.05) is 0 Å². The van der Waals surface area contributed by atoms with Gasteiger partial charge in [0.25, 0.3) is 0 Å². The van der Waals surface area contributed by atoms with Crippen LogP contribution in [0.1, 0.15) is 0 Å². The zero-order chi connectivity index (χ0) is 15.2. The molecular formula is C8H11N7O5. The molecule has 4 amide bonds. The van der Waals surface area contributed by atoms with Gasteiger partial charge in [-0.1, -0.05) is 0 Å². The van der Waals surface area contributed by atoms with Gasteiger partial charge in [-0.15, -0.1) is 0 Å². The molecule has 0 saturated heterocycles. The number of amides is 4. The Bertz CT molecular complexity index is 452. The highest BCUT2D eigenvalue weighted by Crippen LogP contribution is 1.92. The molecule has 0 aromatic heterocycles. The molecule has 0 atom stereocenters. The fourth-order valence-corrected chi connectivity index (χ4v) is 0.844. The summed E-state index contributed by atoms with van der Waals surface area (Å²) in [5.74, 6) is 4.65. The number of nitrogens with zero attached hydrogens (tertiary/aromatic N) is 4. The predicted octanol–water partition coefficient (Wildman–Crippen LogP) is -1.83. The molecule has 0 aromatic carbocycles. The molecule has 0 aliphatic carbocycles. The van der Waals surface area contributed by atoms with E-state index in [1.165, 1.54) is 12.2 Å². The van der Waals surface area contributed by atoms with E-state index in [9.17, 15) is 19.2 Å². The first-order valence-corrected chi connectivity index (χ1v) is 4.91. The lowest BCUT2D eigenvalue weighted by Crippen LogP contribution is -2.48. The maximum Gasteiger partial charge on any atom is 0.328 e.